The van der Waals surface area contributed by atoms with Gasteiger partial charge in [0.25, 0.3) is 0 Å². The standard InChI is InChI=1S/C13H10F2OS.C6H11N/c1-17-10-4-2-8(3-5-10)9-6-11(14)13(16)12(15)7-9;1-4-5-2-7-3-6(4)5/h2-7,16H,1H3;4-7H,2-3H2,1H3. The Labute approximate surface area is 145 Å². The first-order chi connectivity index (χ1) is 11.5. The van der Waals surface area contributed by atoms with E-state index in [2.05, 4.69) is 12.2 Å². The Bertz CT molecular complexity index is 687. The van der Waals surface area contributed by atoms with E-state index in [4.69, 9.17) is 5.11 Å². The largest absolute Gasteiger partial charge is 0.503 e. The number of phenols is 1. The highest BCUT2D eigenvalue weighted by Crippen LogP contribution is 2.47. The molecule has 2 N–H and O–H groups in total. The molecule has 2 atom stereocenters. The van der Waals surface area contributed by atoms with Gasteiger partial charge in [0.05, 0.1) is 0 Å². The van der Waals surface area contributed by atoms with Crippen molar-refractivity contribution in [2.45, 2.75) is 11.8 Å². The molecule has 1 saturated carbocycles. The summed E-state index contributed by atoms with van der Waals surface area (Å²) in [6.45, 7) is 4.95. The lowest BCUT2D eigenvalue weighted by molar-refractivity contribution is 0.396. The summed E-state index contributed by atoms with van der Waals surface area (Å²) in [7, 11) is 0. The molecular weight excluding hydrogens is 328 g/mol. The highest BCUT2D eigenvalue weighted by atomic mass is 32.2. The number of rotatable bonds is 2. The molecule has 24 heavy (non-hydrogen) atoms. The molecule has 0 bridgehead atoms. The van der Waals surface area contributed by atoms with Crippen LogP contribution in [0.2, 0.25) is 0 Å². The number of benzene rings is 2. The van der Waals surface area contributed by atoms with Crippen molar-refractivity contribution in [2.24, 2.45) is 17.8 Å². The third kappa shape index (κ3) is 3.57. The number of hydrogen-bond donors (Lipinski definition) is 2. The maximum Gasteiger partial charge on any atom is 0.187 e. The van der Waals surface area contributed by atoms with Gasteiger partial charge in [0.15, 0.2) is 17.4 Å². The quantitative estimate of drug-likeness (QED) is 0.781. The number of halogens is 2. The summed E-state index contributed by atoms with van der Waals surface area (Å²) in [5.74, 6) is 0.360. The van der Waals surface area contributed by atoms with Crippen LogP contribution in [0.3, 0.4) is 0 Å². The first-order valence-corrected chi connectivity index (χ1v) is 9.27. The second kappa shape index (κ2) is 7.11. The molecular formula is C19H21F2NOS. The second-order valence-corrected chi connectivity index (χ2v) is 7.24. The van der Waals surface area contributed by atoms with E-state index in [1.807, 2.05) is 18.4 Å². The van der Waals surface area contributed by atoms with Crippen LogP contribution in [0.5, 0.6) is 5.75 Å². The maximum atomic E-state index is 13.2. The zero-order valence-corrected chi connectivity index (χ0v) is 14.5. The van der Waals surface area contributed by atoms with Crippen molar-refractivity contribution in [3.05, 3.63) is 48.0 Å². The average molecular weight is 349 g/mol. The van der Waals surface area contributed by atoms with Crippen molar-refractivity contribution in [3.63, 3.8) is 0 Å². The van der Waals surface area contributed by atoms with Gasteiger partial charge in [0.1, 0.15) is 0 Å². The van der Waals surface area contributed by atoms with E-state index in [1.165, 1.54) is 13.1 Å². The van der Waals surface area contributed by atoms with Crippen molar-refractivity contribution >= 4 is 11.8 Å². The fourth-order valence-electron chi connectivity index (χ4n) is 3.24. The molecule has 2 unspecified atom stereocenters. The lowest BCUT2D eigenvalue weighted by Gasteiger charge is -2.05. The molecule has 2 aromatic carbocycles. The van der Waals surface area contributed by atoms with E-state index in [9.17, 15) is 8.78 Å². The highest BCUT2D eigenvalue weighted by molar-refractivity contribution is 7.98. The molecule has 128 valence electrons. The molecule has 1 heterocycles. The Morgan fingerprint density at radius 3 is 1.96 bits per heavy atom. The van der Waals surface area contributed by atoms with E-state index in [0.29, 0.717) is 11.1 Å². The zero-order valence-electron chi connectivity index (χ0n) is 13.7. The van der Waals surface area contributed by atoms with Crippen LogP contribution in [0.1, 0.15) is 6.92 Å². The molecule has 2 aliphatic rings. The molecule has 4 rings (SSSR count). The van der Waals surface area contributed by atoms with Gasteiger partial charge in [-0.2, -0.15) is 0 Å². The minimum atomic E-state index is -0.950. The molecule has 5 heteroatoms. The van der Waals surface area contributed by atoms with Gasteiger partial charge >= 0.3 is 0 Å². The summed E-state index contributed by atoms with van der Waals surface area (Å²) in [6.07, 6.45) is 1.95. The van der Waals surface area contributed by atoms with Crippen LogP contribution in [0.15, 0.2) is 41.3 Å². The Hall–Kier alpha value is -1.59. The van der Waals surface area contributed by atoms with Crippen molar-refractivity contribution in [3.8, 4) is 16.9 Å². The molecule has 0 amide bonds. The second-order valence-electron chi connectivity index (χ2n) is 6.36. The van der Waals surface area contributed by atoms with Crippen LogP contribution in [0, 0.1) is 29.4 Å². The number of fused-ring (bicyclic) bond motifs is 1. The predicted molar refractivity (Wildman–Crippen MR) is 94.3 cm³/mol. The molecule has 0 radical (unpaired) electrons. The van der Waals surface area contributed by atoms with Gasteiger partial charge in [-0.25, -0.2) is 8.78 Å². The number of piperidine rings is 1. The number of hydrogen-bond acceptors (Lipinski definition) is 3. The van der Waals surface area contributed by atoms with Crippen molar-refractivity contribution in [2.75, 3.05) is 19.3 Å². The maximum absolute atomic E-state index is 13.2. The van der Waals surface area contributed by atoms with Crippen molar-refractivity contribution < 1.29 is 13.9 Å². The summed E-state index contributed by atoms with van der Waals surface area (Å²) in [6, 6.07) is 9.57. The molecule has 2 fully saturated rings. The van der Waals surface area contributed by atoms with Gasteiger partial charge in [-0.1, -0.05) is 19.1 Å². The summed E-state index contributed by atoms with van der Waals surface area (Å²) in [5, 5.41) is 12.4. The highest BCUT2D eigenvalue weighted by Gasteiger charge is 2.49. The number of phenolic OH excluding ortho intramolecular Hbond substituents is 1. The fourth-order valence-corrected chi connectivity index (χ4v) is 3.65. The van der Waals surface area contributed by atoms with Gasteiger partial charge in [-0.3, -0.25) is 0 Å². The molecule has 0 aromatic heterocycles. The minimum Gasteiger partial charge on any atom is -0.503 e. The summed E-state index contributed by atoms with van der Waals surface area (Å²) in [4.78, 5) is 1.08. The van der Waals surface area contributed by atoms with E-state index in [-0.39, 0.29) is 0 Å². The van der Waals surface area contributed by atoms with E-state index < -0.39 is 17.4 Å². The van der Waals surface area contributed by atoms with Crippen molar-refractivity contribution in [1.82, 2.24) is 5.32 Å². The van der Waals surface area contributed by atoms with E-state index in [1.54, 1.807) is 23.9 Å². The Kier molecular flexibility index (Phi) is 5.11. The van der Waals surface area contributed by atoms with Gasteiger partial charge < -0.3 is 10.4 Å². The lowest BCUT2D eigenvalue weighted by atomic mass is 10.1. The van der Waals surface area contributed by atoms with E-state index in [0.717, 1.165) is 34.8 Å². The van der Waals surface area contributed by atoms with Gasteiger partial charge in [0, 0.05) is 4.90 Å². The molecule has 1 aliphatic heterocycles. The summed E-state index contributed by atoms with van der Waals surface area (Å²) < 4.78 is 26.4. The van der Waals surface area contributed by atoms with Crippen LogP contribution in [-0.4, -0.2) is 24.5 Å². The molecule has 2 nitrogen and oxygen atoms in total. The summed E-state index contributed by atoms with van der Waals surface area (Å²) in [5.41, 5.74) is 1.12. The van der Waals surface area contributed by atoms with Gasteiger partial charge in [0.2, 0.25) is 0 Å². The third-order valence-electron chi connectivity index (χ3n) is 4.96. The van der Waals surface area contributed by atoms with Gasteiger partial charge in [-0.05, 0) is 72.5 Å². The Balaban J connectivity index is 0.000000198. The van der Waals surface area contributed by atoms with Crippen LogP contribution in [-0.2, 0) is 0 Å². The number of aromatic hydroxyl groups is 1. The van der Waals surface area contributed by atoms with Crippen LogP contribution < -0.4 is 5.32 Å². The van der Waals surface area contributed by atoms with Crippen LogP contribution in [0.4, 0.5) is 8.78 Å². The number of nitrogens with one attached hydrogen (secondary N) is 1. The first kappa shape index (κ1) is 17.2. The van der Waals surface area contributed by atoms with Crippen LogP contribution >= 0.6 is 11.8 Å². The predicted octanol–water partition coefficient (Wildman–Crippen LogP) is 4.53. The Morgan fingerprint density at radius 1 is 1.00 bits per heavy atom. The molecule has 0 spiro atoms. The van der Waals surface area contributed by atoms with Gasteiger partial charge in [-0.15, -0.1) is 11.8 Å². The normalized spacial score (nSPS) is 24.1. The molecule has 1 saturated heterocycles. The molecule has 2 aromatic rings. The number of thioether (sulfide) groups is 1. The smallest absolute Gasteiger partial charge is 0.187 e. The monoisotopic (exact) mass is 349 g/mol. The minimum absolute atomic E-state index is 0.408. The van der Waals surface area contributed by atoms with Crippen molar-refractivity contribution in [1.29, 1.82) is 0 Å². The SMILES string of the molecule is CC1C2CNCC12.CSc1ccc(-c2cc(F)c(O)c(F)c2)cc1. The average Bonchev–Trinajstić information content (AvgIpc) is 3.01. The fraction of sp³-hybridized carbons (Fsp3) is 0.368. The molecule has 1 aliphatic carbocycles. The topological polar surface area (TPSA) is 32.3 Å². The van der Waals surface area contributed by atoms with E-state index >= 15 is 0 Å². The lowest BCUT2D eigenvalue weighted by Crippen LogP contribution is -2.13. The van der Waals surface area contributed by atoms with Crippen LogP contribution in [0.25, 0.3) is 11.1 Å². The Morgan fingerprint density at radius 2 is 1.54 bits per heavy atom. The first-order valence-electron chi connectivity index (χ1n) is 8.04. The zero-order chi connectivity index (χ0) is 17.3. The third-order valence-corrected chi connectivity index (χ3v) is 5.70. The summed E-state index contributed by atoms with van der Waals surface area (Å²) >= 11 is 1.59.